The number of amides is 1. The molecule has 1 fully saturated rings. The molecule has 3 aromatic rings. The van der Waals surface area contributed by atoms with E-state index in [4.69, 9.17) is 5.11 Å². The van der Waals surface area contributed by atoms with Gasteiger partial charge in [-0.25, -0.2) is 14.3 Å². The fourth-order valence-electron chi connectivity index (χ4n) is 3.39. The second-order valence-electron chi connectivity index (χ2n) is 6.84. The normalized spacial score (nSPS) is 18.0. The van der Waals surface area contributed by atoms with Crippen molar-refractivity contribution in [1.29, 1.82) is 0 Å². The maximum atomic E-state index is 12.9. The Morgan fingerprint density at radius 2 is 2.03 bits per heavy atom. The maximum Gasteiger partial charge on any atom is 0.425 e. The number of carbonyl (C=O) groups is 1. The summed E-state index contributed by atoms with van der Waals surface area (Å²) in [5.41, 5.74) is 1.02. The van der Waals surface area contributed by atoms with Crippen LogP contribution in [0.4, 0.5) is 23.8 Å². The van der Waals surface area contributed by atoms with E-state index in [1.807, 2.05) is 0 Å². The van der Waals surface area contributed by atoms with Gasteiger partial charge in [-0.15, -0.1) is 16.4 Å². The summed E-state index contributed by atoms with van der Waals surface area (Å²) in [6.45, 7) is 0.951. The Hall–Kier alpha value is -2.82. The molecule has 4 heterocycles. The van der Waals surface area contributed by atoms with E-state index in [9.17, 15) is 18.0 Å². The lowest BCUT2D eigenvalue weighted by molar-refractivity contribution is -0.134. The molecule has 0 radical (unpaired) electrons. The van der Waals surface area contributed by atoms with E-state index in [2.05, 4.69) is 15.4 Å². The van der Waals surface area contributed by atoms with Crippen LogP contribution in [-0.4, -0.2) is 49.8 Å². The molecule has 4 rings (SSSR count). The second-order valence-corrected chi connectivity index (χ2v) is 7.92. The van der Waals surface area contributed by atoms with Gasteiger partial charge in [-0.3, -0.25) is 0 Å². The Bertz CT molecular complexity index is 1030. The topological polar surface area (TPSA) is 82.8 Å². The van der Waals surface area contributed by atoms with Crippen LogP contribution in [0.3, 0.4) is 0 Å². The average molecular weight is 425 g/mol. The maximum absolute atomic E-state index is 12.9. The van der Waals surface area contributed by atoms with Gasteiger partial charge >= 0.3 is 12.3 Å². The zero-order valence-electron chi connectivity index (χ0n) is 15.2. The lowest BCUT2D eigenvalue weighted by atomic mass is 10.1. The molecule has 29 heavy (non-hydrogen) atoms. The number of nitrogens with zero attached hydrogens (tertiary/aromatic N) is 4. The standard InChI is InChI=1S/C18H18F3N5O2S/c19-18(20,21)14-4-3-13(29-14)12-10-22-16-6-5-15(24-26(12)16)23-11-2-1-8-25(9-7-11)17(27)28/h3-6,10-11H,1-2,7-9H2,(H,23,24)(H,27,28). The van der Waals surface area contributed by atoms with Gasteiger partial charge in [0.25, 0.3) is 0 Å². The zero-order valence-corrected chi connectivity index (χ0v) is 16.0. The number of anilines is 1. The van der Waals surface area contributed by atoms with Gasteiger partial charge in [-0.05, 0) is 43.5 Å². The van der Waals surface area contributed by atoms with Crippen molar-refractivity contribution in [3.8, 4) is 10.6 Å². The Morgan fingerprint density at radius 1 is 1.21 bits per heavy atom. The smallest absolute Gasteiger partial charge is 0.425 e. The molecule has 0 saturated carbocycles. The zero-order chi connectivity index (χ0) is 20.6. The van der Waals surface area contributed by atoms with Gasteiger partial charge in [0.15, 0.2) is 5.65 Å². The van der Waals surface area contributed by atoms with Crippen molar-refractivity contribution in [2.75, 3.05) is 18.4 Å². The van der Waals surface area contributed by atoms with Crippen molar-refractivity contribution in [3.63, 3.8) is 0 Å². The first kappa shape index (κ1) is 19.5. The number of hydrogen-bond acceptors (Lipinski definition) is 5. The minimum Gasteiger partial charge on any atom is -0.465 e. The lowest BCUT2D eigenvalue weighted by Gasteiger charge is -2.18. The van der Waals surface area contributed by atoms with Crippen molar-refractivity contribution in [1.82, 2.24) is 19.5 Å². The van der Waals surface area contributed by atoms with E-state index in [1.165, 1.54) is 21.7 Å². The summed E-state index contributed by atoms with van der Waals surface area (Å²) in [7, 11) is 0. The Balaban J connectivity index is 1.56. The monoisotopic (exact) mass is 425 g/mol. The number of rotatable bonds is 3. The number of aromatic nitrogens is 3. The third kappa shape index (κ3) is 4.14. The van der Waals surface area contributed by atoms with Crippen molar-refractivity contribution in [2.45, 2.75) is 31.5 Å². The molecule has 2 N–H and O–H groups in total. The van der Waals surface area contributed by atoms with Gasteiger partial charge in [-0.1, -0.05) is 0 Å². The van der Waals surface area contributed by atoms with Crippen LogP contribution in [0.25, 0.3) is 16.2 Å². The number of likely N-dealkylation sites (tertiary alicyclic amines) is 1. The van der Waals surface area contributed by atoms with Crippen molar-refractivity contribution >= 4 is 28.9 Å². The molecular formula is C18H18F3N5O2S. The minimum atomic E-state index is -4.38. The van der Waals surface area contributed by atoms with E-state index >= 15 is 0 Å². The van der Waals surface area contributed by atoms with E-state index < -0.39 is 17.1 Å². The molecule has 154 valence electrons. The van der Waals surface area contributed by atoms with E-state index in [-0.39, 0.29) is 6.04 Å². The molecule has 3 aromatic heterocycles. The van der Waals surface area contributed by atoms with Gasteiger partial charge < -0.3 is 15.3 Å². The highest BCUT2D eigenvalue weighted by molar-refractivity contribution is 7.15. The second kappa shape index (κ2) is 7.54. The summed E-state index contributed by atoms with van der Waals surface area (Å²) >= 11 is 0.652. The number of imidazole rings is 1. The van der Waals surface area contributed by atoms with Crippen LogP contribution < -0.4 is 5.32 Å². The number of alkyl halides is 3. The molecule has 1 unspecified atom stereocenters. The Morgan fingerprint density at radius 3 is 2.76 bits per heavy atom. The van der Waals surface area contributed by atoms with Gasteiger partial charge in [0.2, 0.25) is 0 Å². The fraction of sp³-hybridized carbons (Fsp3) is 0.389. The molecule has 1 aliphatic heterocycles. The van der Waals surface area contributed by atoms with Crippen LogP contribution in [0.15, 0.2) is 30.5 Å². The highest BCUT2D eigenvalue weighted by Crippen LogP contribution is 2.38. The van der Waals surface area contributed by atoms with Gasteiger partial charge in [-0.2, -0.15) is 13.2 Å². The third-order valence-corrected chi connectivity index (χ3v) is 6.00. The molecule has 0 aliphatic carbocycles. The number of fused-ring (bicyclic) bond motifs is 1. The number of carboxylic acid groups (broad SMARTS) is 1. The predicted molar refractivity (Wildman–Crippen MR) is 102 cm³/mol. The van der Waals surface area contributed by atoms with Crippen molar-refractivity contribution < 1.29 is 23.1 Å². The molecule has 0 aromatic carbocycles. The van der Waals surface area contributed by atoms with Gasteiger partial charge in [0.1, 0.15) is 16.4 Å². The highest BCUT2D eigenvalue weighted by Gasteiger charge is 2.32. The van der Waals surface area contributed by atoms with E-state index in [1.54, 1.807) is 12.1 Å². The van der Waals surface area contributed by atoms with Crippen LogP contribution in [0.5, 0.6) is 0 Å². The van der Waals surface area contributed by atoms with Crippen LogP contribution in [0.1, 0.15) is 24.1 Å². The molecule has 11 heteroatoms. The molecule has 0 bridgehead atoms. The van der Waals surface area contributed by atoms with Gasteiger partial charge in [0.05, 0.1) is 11.1 Å². The molecular weight excluding hydrogens is 407 g/mol. The first-order chi connectivity index (χ1) is 13.8. The number of nitrogens with one attached hydrogen (secondary N) is 1. The summed E-state index contributed by atoms with van der Waals surface area (Å²) < 4.78 is 40.3. The molecule has 1 amide bonds. The molecule has 0 spiro atoms. The first-order valence-corrected chi connectivity index (χ1v) is 9.89. The summed E-state index contributed by atoms with van der Waals surface area (Å²) in [6.07, 6.45) is -1.58. The number of hydrogen-bond donors (Lipinski definition) is 2. The molecule has 1 atom stereocenters. The number of thiophene rings is 1. The first-order valence-electron chi connectivity index (χ1n) is 9.08. The quantitative estimate of drug-likeness (QED) is 0.649. The Labute approximate surface area is 167 Å². The van der Waals surface area contributed by atoms with Crippen molar-refractivity contribution in [2.24, 2.45) is 0 Å². The Kier molecular flexibility index (Phi) is 5.07. The largest absolute Gasteiger partial charge is 0.465 e. The predicted octanol–water partition coefficient (Wildman–Crippen LogP) is 4.42. The SMILES string of the molecule is O=C(O)N1CCCC(Nc2ccc3ncc(-c4ccc(C(F)(F)F)s4)n3n2)CC1. The minimum absolute atomic E-state index is 0.0647. The fourth-order valence-corrected chi connectivity index (χ4v) is 4.26. The lowest BCUT2D eigenvalue weighted by Crippen LogP contribution is -2.31. The van der Waals surface area contributed by atoms with Crippen LogP contribution in [0.2, 0.25) is 0 Å². The molecule has 1 aliphatic rings. The average Bonchev–Trinajstić information content (AvgIpc) is 3.23. The molecule has 7 nitrogen and oxygen atoms in total. The number of halogens is 3. The van der Waals surface area contributed by atoms with Crippen LogP contribution in [-0.2, 0) is 6.18 Å². The summed E-state index contributed by atoms with van der Waals surface area (Å²) in [5, 5.41) is 17.0. The summed E-state index contributed by atoms with van der Waals surface area (Å²) in [4.78, 5) is 16.5. The summed E-state index contributed by atoms with van der Waals surface area (Å²) in [5.74, 6) is 0.568. The highest BCUT2D eigenvalue weighted by atomic mass is 32.1. The van der Waals surface area contributed by atoms with Crippen molar-refractivity contribution in [3.05, 3.63) is 35.3 Å². The van der Waals surface area contributed by atoms with E-state index in [0.29, 0.717) is 52.9 Å². The van der Waals surface area contributed by atoms with E-state index in [0.717, 1.165) is 18.9 Å². The third-order valence-electron chi connectivity index (χ3n) is 4.85. The summed E-state index contributed by atoms with van der Waals surface area (Å²) in [6, 6.07) is 6.06. The van der Waals surface area contributed by atoms with Crippen LogP contribution >= 0.6 is 11.3 Å². The van der Waals surface area contributed by atoms with Gasteiger partial charge in [0, 0.05) is 19.1 Å². The van der Waals surface area contributed by atoms with Crippen LogP contribution in [0, 0.1) is 0 Å². The molecule has 1 saturated heterocycles.